The quantitative estimate of drug-likeness (QED) is 0.605. The second-order valence-corrected chi connectivity index (χ2v) is 7.82. The molecule has 1 heterocycles. The van der Waals surface area contributed by atoms with Gasteiger partial charge < -0.3 is 9.84 Å². The van der Waals surface area contributed by atoms with E-state index in [4.69, 9.17) is 14.8 Å². The van der Waals surface area contributed by atoms with E-state index in [1.54, 1.807) is 24.3 Å². The van der Waals surface area contributed by atoms with Crippen LogP contribution in [0.15, 0.2) is 58.4 Å². The molecule has 1 N–H and O–H groups in total. The van der Waals surface area contributed by atoms with E-state index in [-0.39, 0.29) is 11.5 Å². The van der Waals surface area contributed by atoms with Crippen molar-refractivity contribution in [3.05, 3.63) is 70.3 Å². The SMILES string of the molecule is C[C@@H](Oc1ccccc1C=Nn1c(C2CCCCC2)nc2ccccc2c1=O)C(=O)O. The van der Waals surface area contributed by atoms with Crippen LogP contribution in [-0.4, -0.2) is 33.1 Å². The highest BCUT2D eigenvalue weighted by atomic mass is 16.5. The fourth-order valence-corrected chi connectivity index (χ4v) is 3.93. The summed E-state index contributed by atoms with van der Waals surface area (Å²) < 4.78 is 6.95. The summed E-state index contributed by atoms with van der Waals surface area (Å²) in [4.78, 5) is 29.2. The van der Waals surface area contributed by atoms with Crippen molar-refractivity contribution in [2.75, 3.05) is 0 Å². The molecule has 1 aromatic heterocycles. The number of hydrogen-bond donors (Lipinski definition) is 1. The number of para-hydroxylation sites is 2. The molecule has 160 valence electrons. The van der Waals surface area contributed by atoms with Gasteiger partial charge in [-0.05, 0) is 44.0 Å². The van der Waals surface area contributed by atoms with Crippen molar-refractivity contribution in [3.63, 3.8) is 0 Å². The van der Waals surface area contributed by atoms with E-state index >= 15 is 0 Å². The van der Waals surface area contributed by atoms with Gasteiger partial charge in [-0.15, -0.1) is 0 Å². The van der Waals surface area contributed by atoms with Gasteiger partial charge in [0.1, 0.15) is 11.6 Å². The second kappa shape index (κ2) is 9.12. The van der Waals surface area contributed by atoms with Crippen molar-refractivity contribution in [1.82, 2.24) is 9.66 Å². The van der Waals surface area contributed by atoms with Crippen LogP contribution in [-0.2, 0) is 4.79 Å². The van der Waals surface area contributed by atoms with E-state index in [1.165, 1.54) is 24.2 Å². The Labute approximate surface area is 180 Å². The lowest BCUT2D eigenvalue weighted by atomic mass is 9.88. The van der Waals surface area contributed by atoms with E-state index in [9.17, 15) is 9.59 Å². The van der Waals surface area contributed by atoms with E-state index in [0.717, 1.165) is 25.7 Å². The number of aromatic nitrogens is 2. The molecule has 1 fully saturated rings. The third kappa shape index (κ3) is 4.50. The Bertz CT molecular complexity index is 1180. The van der Waals surface area contributed by atoms with Crippen molar-refractivity contribution in [2.45, 2.75) is 51.0 Å². The molecule has 7 heteroatoms. The first-order valence-electron chi connectivity index (χ1n) is 10.6. The van der Waals surface area contributed by atoms with Gasteiger partial charge in [0.05, 0.1) is 17.1 Å². The fraction of sp³-hybridized carbons (Fsp3) is 0.333. The number of carboxylic acids is 1. The van der Waals surface area contributed by atoms with Gasteiger partial charge in [0.15, 0.2) is 6.10 Å². The molecule has 0 aliphatic heterocycles. The first kappa shape index (κ1) is 20.8. The van der Waals surface area contributed by atoms with Crippen molar-refractivity contribution in [3.8, 4) is 5.75 Å². The van der Waals surface area contributed by atoms with E-state index in [0.29, 0.717) is 28.0 Å². The molecule has 2 aromatic carbocycles. The number of fused-ring (bicyclic) bond motifs is 1. The van der Waals surface area contributed by atoms with E-state index in [2.05, 4.69) is 5.10 Å². The Kier molecular flexibility index (Phi) is 6.11. The van der Waals surface area contributed by atoms with Gasteiger partial charge in [-0.3, -0.25) is 4.79 Å². The predicted molar refractivity (Wildman–Crippen MR) is 119 cm³/mol. The van der Waals surface area contributed by atoms with Crippen molar-refractivity contribution < 1.29 is 14.6 Å². The zero-order chi connectivity index (χ0) is 21.8. The second-order valence-electron chi connectivity index (χ2n) is 7.82. The smallest absolute Gasteiger partial charge is 0.344 e. The molecule has 0 bridgehead atoms. The van der Waals surface area contributed by atoms with Gasteiger partial charge in [-0.1, -0.05) is 43.5 Å². The largest absolute Gasteiger partial charge is 0.479 e. The molecular formula is C24H25N3O4. The normalized spacial score (nSPS) is 15.9. The molecular weight excluding hydrogens is 394 g/mol. The summed E-state index contributed by atoms with van der Waals surface area (Å²) in [6.07, 6.45) is 5.92. The van der Waals surface area contributed by atoms with Gasteiger partial charge in [-0.25, -0.2) is 9.78 Å². The Morgan fingerprint density at radius 3 is 2.65 bits per heavy atom. The molecule has 1 saturated carbocycles. The molecule has 31 heavy (non-hydrogen) atoms. The van der Waals surface area contributed by atoms with Crippen molar-refractivity contribution in [2.24, 2.45) is 5.10 Å². The minimum atomic E-state index is -1.05. The highest BCUT2D eigenvalue weighted by molar-refractivity contribution is 5.84. The number of hydrogen-bond acceptors (Lipinski definition) is 5. The molecule has 1 aliphatic rings. The monoisotopic (exact) mass is 419 g/mol. The minimum Gasteiger partial charge on any atom is -0.479 e. The highest BCUT2D eigenvalue weighted by Crippen LogP contribution is 2.31. The molecule has 3 aromatic rings. The third-order valence-corrected chi connectivity index (χ3v) is 5.63. The van der Waals surface area contributed by atoms with Crippen LogP contribution in [0.5, 0.6) is 5.75 Å². The highest BCUT2D eigenvalue weighted by Gasteiger charge is 2.22. The maximum atomic E-state index is 13.3. The van der Waals surface area contributed by atoms with Crippen LogP contribution in [0.1, 0.15) is 56.3 Å². The zero-order valence-corrected chi connectivity index (χ0v) is 17.4. The van der Waals surface area contributed by atoms with Crippen LogP contribution < -0.4 is 10.3 Å². The summed E-state index contributed by atoms with van der Waals surface area (Å²) in [6.45, 7) is 1.47. The van der Waals surface area contributed by atoms with E-state index in [1.807, 2.05) is 24.3 Å². The van der Waals surface area contributed by atoms with Gasteiger partial charge in [0.2, 0.25) is 0 Å². The number of benzene rings is 2. The lowest BCUT2D eigenvalue weighted by Crippen LogP contribution is -2.25. The number of carboxylic acid groups (broad SMARTS) is 1. The van der Waals surface area contributed by atoms with Crippen LogP contribution in [0.3, 0.4) is 0 Å². The molecule has 4 rings (SSSR count). The van der Waals surface area contributed by atoms with Crippen LogP contribution in [0, 0.1) is 0 Å². The average Bonchev–Trinajstić information content (AvgIpc) is 2.79. The first-order chi connectivity index (χ1) is 15.0. The first-order valence-corrected chi connectivity index (χ1v) is 10.6. The standard InChI is InChI=1S/C24H25N3O4/c1-16(24(29)30)31-21-14-8-5-11-18(21)15-25-27-22(17-9-3-2-4-10-17)26-20-13-7-6-12-19(20)23(27)28/h5-8,11-17H,2-4,9-10H2,1H3,(H,29,30)/t16-/m1/s1. The summed E-state index contributed by atoms with van der Waals surface area (Å²) in [5, 5.41) is 14.2. The molecule has 0 unspecified atom stereocenters. The number of rotatable bonds is 6. The van der Waals surface area contributed by atoms with Crippen molar-refractivity contribution in [1.29, 1.82) is 0 Å². The summed E-state index contributed by atoms with van der Waals surface area (Å²) >= 11 is 0. The lowest BCUT2D eigenvalue weighted by Gasteiger charge is -2.22. The van der Waals surface area contributed by atoms with Crippen LogP contribution >= 0.6 is 0 Å². The predicted octanol–water partition coefficient (Wildman–Crippen LogP) is 4.18. The van der Waals surface area contributed by atoms with Gasteiger partial charge >= 0.3 is 5.97 Å². The fourth-order valence-electron chi connectivity index (χ4n) is 3.93. The van der Waals surface area contributed by atoms with Crippen LogP contribution in [0.2, 0.25) is 0 Å². The Morgan fingerprint density at radius 1 is 1.16 bits per heavy atom. The Balaban J connectivity index is 1.78. The average molecular weight is 419 g/mol. The summed E-state index contributed by atoms with van der Waals surface area (Å²) in [5.74, 6) is 0.196. The maximum Gasteiger partial charge on any atom is 0.344 e. The van der Waals surface area contributed by atoms with Gasteiger partial charge in [-0.2, -0.15) is 9.78 Å². The summed E-state index contributed by atoms with van der Waals surface area (Å²) in [5.41, 5.74) is 1.06. The molecule has 1 aliphatic carbocycles. The number of aliphatic carboxylic acids is 1. The molecule has 0 radical (unpaired) electrons. The van der Waals surface area contributed by atoms with Crippen LogP contribution in [0.4, 0.5) is 0 Å². The van der Waals surface area contributed by atoms with Crippen LogP contribution in [0.25, 0.3) is 10.9 Å². The lowest BCUT2D eigenvalue weighted by molar-refractivity contribution is -0.144. The number of nitrogens with zero attached hydrogens (tertiary/aromatic N) is 3. The minimum absolute atomic E-state index is 0.182. The summed E-state index contributed by atoms with van der Waals surface area (Å²) in [7, 11) is 0. The van der Waals surface area contributed by atoms with Gasteiger partial charge in [0, 0.05) is 11.5 Å². The topological polar surface area (TPSA) is 93.8 Å². The van der Waals surface area contributed by atoms with Gasteiger partial charge in [0.25, 0.3) is 5.56 Å². The Morgan fingerprint density at radius 2 is 1.87 bits per heavy atom. The molecule has 0 amide bonds. The molecule has 1 atom stereocenters. The molecule has 7 nitrogen and oxygen atoms in total. The van der Waals surface area contributed by atoms with Crippen molar-refractivity contribution >= 4 is 23.1 Å². The molecule has 0 saturated heterocycles. The Hall–Kier alpha value is -3.48. The zero-order valence-electron chi connectivity index (χ0n) is 17.4. The number of ether oxygens (including phenoxy) is 1. The molecule has 0 spiro atoms. The number of carbonyl (C=O) groups is 1. The summed E-state index contributed by atoms with van der Waals surface area (Å²) in [6, 6.07) is 14.3. The van der Waals surface area contributed by atoms with E-state index < -0.39 is 12.1 Å². The third-order valence-electron chi connectivity index (χ3n) is 5.63. The maximum absolute atomic E-state index is 13.3.